The number of aryl methyl sites for hydroxylation is 1. The van der Waals surface area contributed by atoms with Crippen molar-refractivity contribution in [2.75, 3.05) is 0 Å². The monoisotopic (exact) mass is 304 g/mol. The van der Waals surface area contributed by atoms with Crippen molar-refractivity contribution in [3.63, 3.8) is 0 Å². The van der Waals surface area contributed by atoms with E-state index >= 15 is 0 Å². The average Bonchev–Trinajstić information content (AvgIpc) is 2.17. The maximum absolute atomic E-state index is 12.1. The Bertz CT molecular complexity index is 612. The number of hydrogen-bond donors (Lipinski definition) is 0. The normalized spacial score (nSPS) is 12.3. The molecule has 106 valence electrons. The highest BCUT2D eigenvalue weighted by Gasteiger charge is 2.22. The highest BCUT2D eigenvalue weighted by Crippen LogP contribution is 2.24. The van der Waals surface area contributed by atoms with Crippen molar-refractivity contribution in [3.05, 3.63) is 28.8 Å². The summed E-state index contributed by atoms with van der Waals surface area (Å²) in [6.07, 6.45) is 0. The Morgan fingerprint density at radius 2 is 1.74 bits per heavy atom. The molecule has 0 bridgehead atoms. The van der Waals surface area contributed by atoms with Crippen molar-refractivity contribution in [2.45, 2.75) is 45.1 Å². The van der Waals surface area contributed by atoms with Gasteiger partial charge in [0.25, 0.3) is 9.05 Å². The number of carbonyl (C=O) groups excluding carboxylic acids is 1. The van der Waals surface area contributed by atoms with Gasteiger partial charge in [-0.2, -0.15) is 0 Å². The Morgan fingerprint density at radius 3 is 2.16 bits per heavy atom. The van der Waals surface area contributed by atoms with Gasteiger partial charge in [0.1, 0.15) is 5.60 Å². The van der Waals surface area contributed by atoms with Gasteiger partial charge in [0.2, 0.25) is 0 Å². The smallest absolute Gasteiger partial charge is 0.338 e. The lowest BCUT2D eigenvalue weighted by atomic mass is 10.0. The van der Waals surface area contributed by atoms with E-state index < -0.39 is 20.6 Å². The molecule has 0 amide bonds. The summed E-state index contributed by atoms with van der Waals surface area (Å²) in [5, 5.41) is 0. The highest BCUT2D eigenvalue weighted by atomic mass is 35.7. The van der Waals surface area contributed by atoms with Crippen LogP contribution in [-0.4, -0.2) is 20.0 Å². The van der Waals surface area contributed by atoms with Crippen LogP contribution in [0, 0.1) is 13.8 Å². The van der Waals surface area contributed by atoms with E-state index in [2.05, 4.69) is 0 Å². The van der Waals surface area contributed by atoms with Crippen LogP contribution in [0.4, 0.5) is 0 Å². The van der Waals surface area contributed by atoms with Gasteiger partial charge in [-0.05, 0) is 57.9 Å². The fourth-order valence-corrected chi connectivity index (χ4v) is 2.36. The zero-order valence-corrected chi connectivity index (χ0v) is 13.1. The minimum Gasteiger partial charge on any atom is -0.456 e. The Balaban J connectivity index is 3.36. The van der Waals surface area contributed by atoms with Crippen LogP contribution >= 0.6 is 10.7 Å². The van der Waals surface area contributed by atoms with Gasteiger partial charge in [-0.25, -0.2) is 13.2 Å². The molecule has 0 aromatic heterocycles. The zero-order valence-electron chi connectivity index (χ0n) is 11.6. The summed E-state index contributed by atoms with van der Waals surface area (Å²) in [5.41, 5.74) is 0.919. The molecule has 0 saturated heterocycles. The molecule has 0 heterocycles. The number of ether oxygens (including phenoxy) is 1. The molecule has 0 unspecified atom stereocenters. The predicted molar refractivity (Wildman–Crippen MR) is 74.1 cm³/mol. The molecule has 0 spiro atoms. The van der Waals surface area contributed by atoms with Crippen LogP contribution in [0.25, 0.3) is 0 Å². The third-order valence-corrected chi connectivity index (χ3v) is 3.87. The van der Waals surface area contributed by atoms with Gasteiger partial charge in [0.15, 0.2) is 0 Å². The van der Waals surface area contributed by atoms with Crippen molar-refractivity contribution >= 4 is 25.7 Å². The number of hydrogen-bond acceptors (Lipinski definition) is 4. The predicted octanol–water partition coefficient (Wildman–Crippen LogP) is 3.19. The van der Waals surface area contributed by atoms with Crippen LogP contribution in [0.2, 0.25) is 0 Å². The number of esters is 1. The SMILES string of the molecule is Cc1cc(S(=O)(=O)Cl)cc(C(=O)OC(C)(C)C)c1C. The van der Waals surface area contributed by atoms with Crippen LogP contribution in [0.1, 0.15) is 42.3 Å². The second kappa shape index (κ2) is 5.13. The van der Waals surface area contributed by atoms with Gasteiger partial charge >= 0.3 is 5.97 Å². The Hall–Kier alpha value is -1.07. The molecule has 0 fully saturated rings. The molecule has 0 atom stereocenters. The molecule has 1 rings (SSSR count). The summed E-state index contributed by atoms with van der Waals surface area (Å²) in [6, 6.07) is 2.68. The van der Waals surface area contributed by atoms with Gasteiger partial charge in [0.05, 0.1) is 10.5 Å². The third-order valence-electron chi connectivity index (χ3n) is 2.54. The number of rotatable bonds is 2. The summed E-state index contributed by atoms with van der Waals surface area (Å²) in [7, 11) is 1.44. The first-order chi connectivity index (χ1) is 8.42. The van der Waals surface area contributed by atoms with Crippen LogP contribution in [0.5, 0.6) is 0 Å². The van der Waals surface area contributed by atoms with Crippen molar-refractivity contribution in [1.29, 1.82) is 0 Å². The number of halogens is 1. The molecule has 0 aliphatic rings. The second-order valence-electron chi connectivity index (χ2n) is 5.35. The Labute approximate surface area is 118 Å². The van der Waals surface area contributed by atoms with Gasteiger partial charge < -0.3 is 4.74 Å². The molecule has 4 nitrogen and oxygen atoms in total. The summed E-state index contributed by atoms with van der Waals surface area (Å²) < 4.78 is 28.0. The van der Waals surface area contributed by atoms with Gasteiger partial charge in [0, 0.05) is 10.7 Å². The molecule has 0 N–H and O–H groups in total. The maximum Gasteiger partial charge on any atom is 0.338 e. The highest BCUT2D eigenvalue weighted by molar-refractivity contribution is 8.13. The van der Waals surface area contributed by atoms with Crippen molar-refractivity contribution in [3.8, 4) is 0 Å². The van der Waals surface area contributed by atoms with E-state index in [1.807, 2.05) is 0 Å². The molecule has 0 radical (unpaired) electrons. The summed E-state index contributed by atoms with van der Waals surface area (Å²) in [6.45, 7) is 8.69. The molecule has 1 aromatic rings. The summed E-state index contributed by atoms with van der Waals surface area (Å²) in [5.74, 6) is -0.560. The summed E-state index contributed by atoms with van der Waals surface area (Å²) in [4.78, 5) is 12.0. The van der Waals surface area contributed by atoms with Crippen molar-refractivity contribution < 1.29 is 17.9 Å². The Morgan fingerprint density at radius 1 is 1.21 bits per heavy atom. The van der Waals surface area contributed by atoms with E-state index in [9.17, 15) is 13.2 Å². The quantitative estimate of drug-likeness (QED) is 0.622. The molecular formula is C13H17ClO4S. The zero-order chi connectivity index (χ0) is 15.0. The fourth-order valence-electron chi connectivity index (χ4n) is 1.51. The van der Waals surface area contributed by atoms with Gasteiger partial charge in [-0.1, -0.05) is 0 Å². The van der Waals surface area contributed by atoms with E-state index in [4.69, 9.17) is 15.4 Å². The van der Waals surface area contributed by atoms with E-state index in [0.717, 1.165) is 0 Å². The standard InChI is InChI=1S/C13H17ClO4S/c1-8-6-10(19(14,16)17)7-11(9(8)2)12(15)18-13(3,4)5/h6-7H,1-5H3. The lowest BCUT2D eigenvalue weighted by molar-refractivity contribution is 0.00683. The topological polar surface area (TPSA) is 60.4 Å². The maximum atomic E-state index is 12.1. The van der Waals surface area contributed by atoms with E-state index in [1.165, 1.54) is 12.1 Å². The first kappa shape index (κ1) is 16.0. The lowest BCUT2D eigenvalue weighted by Crippen LogP contribution is -2.24. The molecule has 0 aliphatic carbocycles. The minimum absolute atomic E-state index is 0.0990. The van der Waals surface area contributed by atoms with Crippen LogP contribution in [0.15, 0.2) is 17.0 Å². The molecule has 6 heteroatoms. The molecule has 0 saturated carbocycles. The van der Waals surface area contributed by atoms with Gasteiger partial charge in [-0.3, -0.25) is 0 Å². The molecule has 0 aliphatic heterocycles. The molecule has 19 heavy (non-hydrogen) atoms. The Kier molecular flexibility index (Phi) is 4.32. The van der Waals surface area contributed by atoms with Crippen LogP contribution in [0.3, 0.4) is 0 Å². The second-order valence-corrected chi connectivity index (χ2v) is 7.92. The fraction of sp³-hybridized carbons (Fsp3) is 0.462. The third kappa shape index (κ3) is 4.21. The lowest BCUT2D eigenvalue weighted by Gasteiger charge is -2.20. The number of carbonyl (C=O) groups is 1. The van der Waals surface area contributed by atoms with Crippen LogP contribution in [-0.2, 0) is 13.8 Å². The molecule has 1 aromatic carbocycles. The van der Waals surface area contributed by atoms with E-state index in [0.29, 0.717) is 11.1 Å². The molecular weight excluding hydrogens is 288 g/mol. The van der Waals surface area contributed by atoms with Gasteiger partial charge in [-0.15, -0.1) is 0 Å². The number of benzene rings is 1. The van der Waals surface area contributed by atoms with E-state index in [1.54, 1.807) is 34.6 Å². The first-order valence-corrected chi connectivity index (χ1v) is 8.02. The largest absolute Gasteiger partial charge is 0.456 e. The first-order valence-electron chi connectivity index (χ1n) is 5.71. The van der Waals surface area contributed by atoms with Crippen molar-refractivity contribution in [2.24, 2.45) is 0 Å². The summed E-state index contributed by atoms with van der Waals surface area (Å²) >= 11 is 0. The van der Waals surface area contributed by atoms with E-state index in [-0.39, 0.29) is 10.5 Å². The minimum atomic E-state index is -3.88. The van der Waals surface area contributed by atoms with Crippen LogP contribution < -0.4 is 0 Å². The van der Waals surface area contributed by atoms with Crippen molar-refractivity contribution in [1.82, 2.24) is 0 Å². The average molecular weight is 305 g/mol.